The third kappa shape index (κ3) is 6.49. The van der Waals surface area contributed by atoms with Gasteiger partial charge in [-0.05, 0) is 39.3 Å². The van der Waals surface area contributed by atoms with Crippen LogP contribution in [0.5, 0.6) is 0 Å². The second kappa shape index (κ2) is 7.31. The lowest BCUT2D eigenvalue weighted by molar-refractivity contribution is 0.0529. The van der Waals surface area contributed by atoms with Gasteiger partial charge in [0.2, 0.25) is 0 Å². The van der Waals surface area contributed by atoms with E-state index in [0.717, 1.165) is 6.07 Å². The molecule has 0 atom stereocenters. The number of nitrogens with two attached hydrogens (primary N) is 1. The highest BCUT2D eigenvalue weighted by Gasteiger charge is 2.15. The normalized spacial score (nSPS) is 11.7. The molecule has 0 radical (unpaired) electrons. The average molecular weight is 315 g/mol. The topological polar surface area (TPSA) is 64.3 Å². The van der Waals surface area contributed by atoms with Crippen LogP contribution in [0, 0.1) is 5.82 Å². The van der Waals surface area contributed by atoms with Crippen molar-refractivity contribution >= 4 is 29.5 Å². The number of anilines is 1. The van der Waals surface area contributed by atoms with E-state index in [9.17, 15) is 9.18 Å². The van der Waals surface area contributed by atoms with Crippen LogP contribution < -0.4 is 11.1 Å². The molecule has 0 aliphatic heterocycles. The van der Waals surface area contributed by atoms with Crippen molar-refractivity contribution in [3.05, 3.63) is 34.6 Å². The van der Waals surface area contributed by atoms with Gasteiger partial charge in [-0.3, -0.25) is 0 Å². The first-order valence-electron chi connectivity index (χ1n) is 6.57. The second-order valence-electron chi connectivity index (χ2n) is 5.51. The molecule has 1 amide bonds. The van der Waals surface area contributed by atoms with Gasteiger partial charge >= 0.3 is 6.09 Å². The van der Waals surface area contributed by atoms with Crippen molar-refractivity contribution in [3.8, 4) is 0 Å². The van der Waals surface area contributed by atoms with E-state index in [-0.39, 0.29) is 5.02 Å². The summed E-state index contributed by atoms with van der Waals surface area (Å²) in [6.07, 6.45) is 3.54. The Labute approximate surface area is 129 Å². The average Bonchev–Trinajstić information content (AvgIpc) is 2.32. The highest BCUT2D eigenvalue weighted by atomic mass is 35.5. The zero-order chi connectivity index (χ0) is 16.0. The van der Waals surface area contributed by atoms with Gasteiger partial charge in [-0.1, -0.05) is 23.8 Å². The second-order valence-corrected chi connectivity index (χ2v) is 5.92. The van der Waals surface area contributed by atoms with Crippen LogP contribution in [0.25, 0.3) is 6.08 Å². The molecule has 0 saturated carbocycles. The summed E-state index contributed by atoms with van der Waals surface area (Å²) in [5.41, 5.74) is 6.06. The van der Waals surface area contributed by atoms with Crippen LogP contribution in [0.2, 0.25) is 5.02 Å². The standard InChI is InChI=1S/C15H20ClFN2O2/c1-15(2,3)21-14(20)19-7-5-4-6-10-8-11(17)9-12(16)13(10)18/h4,6,8-9H,5,7,18H2,1-3H3,(H,19,20). The Morgan fingerprint density at radius 1 is 1.48 bits per heavy atom. The number of nitrogen functional groups attached to an aromatic ring is 1. The van der Waals surface area contributed by atoms with Crippen LogP contribution in [0.3, 0.4) is 0 Å². The van der Waals surface area contributed by atoms with Crippen LogP contribution >= 0.6 is 11.6 Å². The minimum Gasteiger partial charge on any atom is -0.444 e. The van der Waals surface area contributed by atoms with Crippen LogP contribution in [0.4, 0.5) is 14.9 Å². The molecule has 0 aromatic heterocycles. The fourth-order valence-corrected chi connectivity index (χ4v) is 1.74. The van der Waals surface area contributed by atoms with Gasteiger partial charge in [-0.15, -0.1) is 0 Å². The van der Waals surface area contributed by atoms with Crippen LogP contribution in [-0.2, 0) is 4.74 Å². The number of ether oxygens (including phenoxy) is 1. The first kappa shape index (κ1) is 17.3. The Morgan fingerprint density at radius 3 is 2.76 bits per heavy atom. The predicted molar refractivity (Wildman–Crippen MR) is 83.7 cm³/mol. The van der Waals surface area contributed by atoms with E-state index in [1.807, 2.05) is 0 Å². The van der Waals surface area contributed by atoms with Crippen LogP contribution in [0.15, 0.2) is 18.2 Å². The Kier molecular flexibility index (Phi) is 6.03. The van der Waals surface area contributed by atoms with Crippen LogP contribution in [0.1, 0.15) is 32.8 Å². The number of hydrogen-bond acceptors (Lipinski definition) is 3. The molecule has 0 aliphatic carbocycles. The molecule has 6 heteroatoms. The summed E-state index contributed by atoms with van der Waals surface area (Å²) < 4.78 is 18.3. The van der Waals surface area contributed by atoms with Crippen molar-refractivity contribution in [2.75, 3.05) is 12.3 Å². The summed E-state index contributed by atoms with van der Waals surface area (Å²) in [5, 5.41) is 2.80. The Bertz CT molecular complexity index is 539. The van der Waals surface area contributed by atoms with Gasteiger partial charge in [-0.25, -0.2) is 9.18 Å². The SMILES string of the molecule is CC(C)(C)OC(=O)NCCC=Cc1cc(F)cc(Cl)c1N. The lowest BCUT2D eigenvalue weighted by Gasteiger charge is -2.19. The van der Waals surface area contributed by atoms with E-state index >= 15 is 0 Å². The Balaban J connectivity index is 2.45. The summed E-state index contributed by atoms with van der Waals surface area (Å²) in [7, 11) is 0. The summed E-state index contributed by atoms with van der Waals surface area (Å²) in [6, 6.07) is 2.47. The molecule has 3 N–H and O–H groups in total. The first-order chi connectivity index (χ1) is 9.69. The molecule has 0 bridgehead atoms. The fraction of sp³-hybridized carbons (Fsp3) is 0.400. The first-order valence-corrected chi connectivity index (χ1v) is 6.95. The molecule has 1 aromatic carbocycles. The maximum Gasteiger partial charge on any atom is 0.407 e. The molecule has 0 fully saturated rings. The van der Waals surface area contributed by atoms with E-state index in [1.54, 1.807) is 32.9 Å². The van der Waals surface area contributed by atoms with Crippen molar-refractivity contribution in [3.63, 3.8) is 0 Å². The summed E-state index contributed by atoms with van der Waals surface area (Å²) >= 11 is 5.79. The molecule has 0 spiro atoms. The van der Waals surface area contributed by atoms with Crippen LogP contribution in [-0.4, -0.2) is 18.2 Å². The number of benzene rings is 1. The number of rotatable bonds is 4. The Hall–Kier alpha value is -1.75. The fourth-order valence-electron chi connectivity index (χ4n) is 1.52. The lowest BCUT2D eigenvalue weighted by Crippen LogP contribution is -2.32. The zero-order valence-electron chi connectivity index (χ0n) is 12.4. The van der Waals surface area contributed by atoms with E-state index in [2.05, 4.69) is 5.32 Å². The highest BCUT2D eigenvalue weighted by Crippen LogP contribution is 2.25. The van der Waals surface area contributed by atoms with Gasteiger partial charge in [0.1, 0.15) is 11.4 Å². The van der Waals surface area contributed by atoms with Crippen molar-refractivity contribution in [1.82, 2.24) is 5.32 Å². The molecule has 4 nitrogen and oxygen atoms in total. The molecule has 0 unspecified atom stereocenters. The van der Waals surface area contributed by atoms with E-state index in [1.165, 1.54) is 6.07 Å². The predicted octanol–water partition coefficient (Wildman–Crippen LogP) is 3.99. The number of hydrogen-bond donors (Lipinski definition) is 2. The number of carbonyl (C=O) groups excluding carboxylic acids is 1. The summed E-state index contributed by atoms with van der Waals surface area (Å²) in [4.78, 5) is 11.4. The van der Waals surface area contributed by atoms with Crippen molar-refractivity contribution in [2.24, 2.45) is 0 Å². The summed E-state index contributed by atoms with van der Waals surface area (Å²) in [5.74, 6) is -0.444. The zero-order valence-corrected chi connectivity index (χ0v) is 13.1. The van der Waals surface area contributed by atoms with Gasteiger partial charge < -0.3 is 15.8 Å². The van der Waals surface area contributed by atoms with Crippen molar-refractivity contribution in [2.45, 2.75) is 32.8 Å². The number of carbonyl (C=O) groups is 1. The molecule has 0 aliphatic rings. The van der Waals surface area contributed by atoms with Gasteiger partial charge in [0.15, 0.2) is 0 Å². The minimum atomic E-state index is -0.521. The lowest BCUT2D eigenvalue weighted by atomic mass is 10.1. The largest absolute Gasteiger partial charge is 0.444 e. The Morgan fingerprint density at radius 2 is 2.14 bits per heavy atom. The third-order valence-electron chi connectivity index (χ3n) is 2.40. The molecular weight excluding hydrogens is 295 g/mol. The maximum absolute atomic E-state index is 13.2. The molecule has 0 heterocycles. The molecule has 21 heavy (non-hydrogen) atoms. The molecular formula is C15H20ClFN2O2. The van der Waals surface area contributed by atoms with Gasteiger partial charge in [0.05, 0.1) is 10.7 Å². The third-order valence-corrected chi connectivity index (χ3v) is 2.72. The van der Waals surface area contributed by atoms with Crippen molar-refractivity contribution in [1.29, 1.82) is 0 Å². The summed E-state index contributed by atoms with van der Waals surface area (Å²) in [6.45, 7) is 5.79. The van der Waals surface area contributed by atoms with Gasteiger partial charge in [-0.2, -0.15) is 0 Å². The van der Waals surface area contributed by atoms with Crippen molar-refractivity contribution < 1.29 is 13.9 Å². The van der Waals surface area contributed by atoms with E-state index < -0.39 is 17.5 Å². The molecule has 1 rings (SSSR count). The van der Waals surface area contributed by atoms with E-state index in [0.29, 0.717) is 24.2 Å². The monoisotopic (exact) mass is 314 g/mol. The molecule has 0 saturated heterocycles. The smallest absolute Gasteiger partial charge is 0.407 e. The maximum atomic E-state index is 13.2. The highest BCUT2D eigenvalue weighted by molar-refractivity contribution is 6.33. The van der Waals surface area contributed by atoms with E-state index in [4.69, 9.17) is 22.1 Å². The number of alkyl carbamates (subject to hydrolysis) is 1. The number of halogens is 2. The minimum absolute atomic E-state index is 0.182. The molecule has 116 valence electrons. The number of nitrogens with one attached hydrogen (secondary N) is 1. The van der Waals surface area contributed by atoms with Gasteiger partial charge in [0, 0.05) is 12.1 Å². The quantitative estimate of drug-likeness (QED) is 0.652. The van der Waals surface area contributed by atoms with Gasteiger partial charge in [0.25, 0.3) is 0 Å². The molecule has 1 aromatic rings. The number of amides is 1.